The molecule has 0 radical (unpaired) electrons. The lowest BCUT2D eigenvalue weighted by atomic mass is 10.1. The summed E-state index contributed by atoms with van der Waals surface area (Å²) in [4.78, 5) is 6.56. The number of hydrogen-bond acceptors (Lipinski definition) is 3. The molecule has 16 heavy (non-hydrogen) atoms. The van der Waals surface area contributed by atoms with Crippen molar-refractivity contribution in [3.63, 3.8) is 0 Å². The van der Waals surface area contributed by atoms with Crippen molar-refractivity contribution in [3.05, 3.63) is 34.9 Å². The Morgan fingerprint density at radius 2 is 2.06 bits per heavy atom. The normalized spacial score (nSPS) is 24.7. The second-order valence-corrected chi connectivity index (χ2v) is 4.78. The molecule has 1 aromatic rings. The average Bonchev–Trinajstić information content (AvgIpc) is 3.04. The van der Waals surface area contributed by atoms with Gasteiger partial charge in [0.2, 0.25) is 0 Å². The van der Waals surface area contributed by atoms with E-state index < -0.39 is 0 Å². The van der Waals surface area contributed by atoms with E-state index >= 15 is 0 Å². The van der Waals surface area contributed by atoms with Gasteiger partial charge in [0.25, 0.3) is 0 Å². The van der Waals surface area contributed by atoms with Crippen LogP contribution in [0.15, 0.2) is 29.3 Å². The summed E-state index contributed by atoms with van der Waals surface area (Å²) in [5.41, 5.74) is 7.07. The number of nitrogens with two attached hydrogens (primary N) is 1. The lowest BCUT2D eigenvalue weighted by Gasteiger charge is -2.27. The smallest absolute Gasteiger partial charge is 0.192 e. The molecule has 1 aromatic carbocycles. The van der Waals surface area contributed by atoms with Crippen molar-refractivity contribution in [1.82, 2.24) is 4.90 Å². The van der Waals surface area contributed by atoms with E-state index in [0.29, 0.717) is 12.0 Å². The van der Waals surface area contributed by atoms with Gasteiger partial charge in [0.1, 0.15) is 0 Å². The molecule has 3 nitrogen and oxygen atoms in total. The molecule has 1 aliphatic carbocycles. The maximum absolute atomic E-state index is 6.22. The summed E-state index contributed by atoms with van der Waals surface area (Å²) in [5.74, 6) is 0.674. The van der Waals surface area contributed by atoms with Gasteiger partial charge in [-0.2, -0.15) is 0 Å². The van der Waals surface area contributed by atoms with Crippen LogP contribution in [0.5, 0.6) is 0 Å². The van der Waals surface area contributed by atoms with Gasteiger partial charge in [-0.3, -0.25) is 4.99 Å². The SMILES string of the molecule is NC1=NCC(c2ccccc2Cl)N1C1CC1. The van der Waals surface area contributed by atoms with E-state index in [9.17, 15) is 0 Å². The van der Waals surface area contributed by atoms with Crippen LogP contribution in [-0.2, 0) is 0 Å². The fourth-order valence-electron chi connectivity index (χ4n) is 2.30. The minimum atomic E-state index is 0.237. The van der Waals surface area contributed by atoms with Crippen molar-refractivity contribution in [2.45, 2.75) is 24.9 Å². The minimum Gasteiger partial charge on any atom is -0.370 e. The molecule has 3 rings (SSSR count). The number of nitrogens with zero attached hydrogens (tertiary/aromatic N) is 2. The summed E-state index contributed by atoms with van der Waals surface area (Å²) in [6.07, 6.45) is 2.44. The van der Waals surface area contributed by atoms with E-state index in [0.717, 1.165) is 17.1 Å². The first-order valence-corrected chi connectivity index (χ1v) is 5.98. The topological polar surface area (TPSA) is 41.6 Å². The van der Waals surface area contributed by atoms with Crippen molar-refractivity contribution in [2.24, 2.45) is 10.7 Å². The Morgan fingerprint density at radius 3 is 2.75 bits per heavy atom. The molecule has 0 spiro atoms. The summed E-state index contributed by atoms with van der Waals surface area (Å²) in [6.45, 7) is 0.728. The molecule has 1 unspecified atom stereocenters. The molecule has 4 heteroatoms. The minimum absolute atomic E-state index is 0.237. The van der Waals surface area contributed by atoms with Gasteiger partial charge in [-0.05, 0) is 24.5 Å². The summed E-state index contributed by atoms with van der Waals surface area (Å²) >= 11 is 6.22. The van der Waals surface area contributed by atoms with E-state index in [1.165, 1.54) is 12.8 Å². The Bertz CT molecular complexity index is 440. The molecule has 0 saturated heterocycles. The molecule has 0 amide bonds. The summed E-state index contributed by atoms with van der Waals surface area (Å²) in [5, 5.41) is 0.808. The molecule has 2 aliphatic rings. The molecule has 1 atom stereocenters. The maximum Gasteiger partial charge on any atom is 0.192 e. The quantitative estimate of drug-likeness (QED) is 0.854. The van der Waals surface area contributed by atoms with Gasteiger partial charge in [0.15, 0.2) is 5.96 Å². The van der Waals surface area contributed by atoms with Crippen molar-refractivity contribution < 1.29 is 0 Å². The zero-order chi connectivity index (χ0) is 11.1. The van der Waals surface area contributed by atoms with E-state index in [-0.39, 0.29) is 6.04 Å². The maximum atomic E-state index is 6.22. The van der Waals surface area contributed by atoms with Gasteiger partial charge in [0.05, 0.1) is 12.6 Å². The van der Waals surface area contributed by atoms with Crippen LogP contribution in [0.1, 0.15) is 24.4 Å². The highest BCUT2D eigenvalue weighted by molar-refractivity contribution is 6.31. The van der Waals surface area contributed by atoms with Crippen LogP contribution < -0.4 is 5.73 Å². The highest BCUT2D eigenvalue weighted by Crippen LogP contribution is 2.38. The first-order chi connectivity index (χ1) is 7.77. The molecular weight excluding hydrogens is 222 g/mol. The van der Waals surface area contributed by atoms with Crippen LogP contribution in [-0.4, -0.2) is 23.4 Å². The number of guanidine groups is 1. The van der Waals surface area contributed by atoms with E-state index in [1.54, 1.807) is 0 Å². The summed E-state index contributed by atoms with van der Waals surface area (Å²) in [7, 11) is 0. The highest BCUT2D eigenvalue weighted by Gasteiger charge is 2.39. The molecule has 84 valence electrons. The molecule has 0 bridgehead atoms. The van der Waals surface area contributed by atoms with Crippen LogP contribution in [0.25, 0.3) is 0 Å². The van der Waals surface area contributed by atoms with Gasteiger partial charge >= 0.3 is 0 Å². The van der Waals surface area contributed by atoms with Crippen LogP contribution in [0, 0.1) is 0 Å². The molecular formula is C12H14ClN3. The third-order valence-corrected chi connectivity index (χ3v) is 3.58. The van der Waals surface area contributed by atoms with Crippen molar-refractivity contribution in [1.29, 1.82) is 0 Å². The molecule has 1 fully saturated rings. The Balaban J connectivity index is 1.93. The van der Waals surface area contributed by atoms with E-state index in [4.69, 9.17) is 17.3 Å². The van der Waals surface area contributed by atoms with Crippen molar-refractivity contribution in [2.75, 3.05) is 6.54 Å². The summed E-state index contributed by atoms with van der Waals surface area (Å²) < 4.78 is 0. The largest absolute Gasteiger partial charge is 0.370 e. The monoisotopic (exact) mass is 235 g/mol. The number of rotatable bonds is 2. The third kappa shape index (κ3) is 1.55. The third-order valence-electron chi connectivity index (χ3n) is 3.23. The first kappa shape index (κ1) is 9.97. The van der Waals surface area contributed by atoms with Gasteiger partial charge in [-0.25, -0.2) is 0 Å². The number of aliphatic imine (C=N–C) groups is 1. The molecule has 1 saturated carbocycles. The standard InChI is InChI=1S/C12H14ClN3/c13-10-4-2-1-3-9(10)11-7-15-12(14)16(11)8-5-6-8/h1-4,8,11H,5-7H2,(H2,14,15). The van der Waals surface area contributed by atoms with Crippen molar-refractivity contribution >= 4 is 17.6 Å². The number of benzene rings is 1. The fourth-order valence-corrected chi connectivity index (χ4v) is 2.56. The Labute approximate surface area is 99.9 Å². The average molecular weight is 236 g/mol. The molecule has 1 aliphatic heterocycles. The van der Waals surface area contributed by atoms with Crippen LogP contribution in [0.2, 0.25) is 5.02 Å². The van der Waals surface area contributed by atoms with Crippen molar-refractivity contribution in [3.8, 4) is 0 Å². The van der Waals surface area contributed by atoms with Gasteiger partial charge in [-0.1, -0.05) is 29.8 Å². The van der Waals surface area contributed by atoms with Crippen LogP contribution in [0.3, 0.4) is 0 Å². The van der Waals surface area contributed by atoms with Gasteiger partial charge in [0, 0.05) is 11.1 Å². The number of hydrogen-bond donors (Lipinski definition) is 1. The Kier molecular flexibility index (Phi) is 2.28. The van der Waals surface area contributed by atoms with Crippen LogP contribution in [0.4, 0.5) is 0 Å². The van der Waals surface area contributed by atoms with E-state index in [2.05, 4.69) is 16.0 Å². The second kappa shape index (κ2) is 3.67. The van der Waals surface area contributed by atoms with Gasteiger partial charge < -0.3 is 10.6 Å². The van der Waals surface area contributed by atoms with Gasteiger partial charge in [-0.15, -0.1) is 0 Å². The Morgan fingerprint density at radius 1 is 1.31 bits per heavy atom. The predicted molar refractivity (Wildman–Crippen MR) is 65.5 cm³/mol. The lowest BCUT2D eigenvalue weighted by molar-refractivity contribution is 0.338. The van der Waals surface area contributed by atoms with E-state index in [1.807, 2.05) is 18.2 Å². The zero-order valence-corrected chi connectivity index (χ0v) is 9.69. The molecule has 1 heterocycles. The van der Waals surface area contributed by atoms with Crippen LogP contribution >= 0.6 is 11.6 Å². The molecule has 2 N–H and O–H groups in total. The highest BCUT2D eigenvalue weighted by atomic mass is 35.5. The summed E-state index contributed by atoms with van der Waals surface area (Å²) in [6, 6.07) is 8.77. The fraction of sp³-hybridized carbons (Fsp3) is 0.417. The number of halogens is 1. The Hall–Kier alpha value is -1.22. The predicted octanol–water partition coefficient (Wildman–Crippen LogP) is 2.17. The molecule has 0 aromatic heterocycles. The second-order valence-electron chi connectivity index (χ2n) is 4.37. The lowest BCUT2D eigenvalue weighted by Crippen LogP contribution is -2.37. The first-order valence-electron chi connectivity index (χ1n) is 5.60. The zero-order valence-electron chi connectivity index (χ0n) is 8.94.